The number of hydroxylamine groups is 2. The number of rotatable bonds is 21. The number of piperidine rings is 2. The molecule has 2 fully saturated rings. The van der Waals surface area contributed by atoms with Crippen molar-refractivity contribution in [1.29, 1.82) is 0 Å². The van der Waals surface area contributed by atoms with Crippen molar-refractivity contribution in [3.05, 3.63) is 137 Å². The molecule has 0 aliphatic carbocycles. The Labute approximate surface area is 529 Å². The van der Waals surface area contributed by atoms with Gasteiger partial charge in [0.25, 0.3) is 42.2 Å². The van der Waals surface area contributed by atoms with Crippen LogP contribution in [-0.4, -0.2) is 144 Å². The van der Waals surface area contributed by atoms with Gasteiger partial charge in [-0.25, -0.2) is 4.79 Å². The summed E-state index contributed by atoms with van der Waals surface area (Å²) in [6, 6.07) is 22.9. The fourth-order valence-electron chi connectivity index (χ4n) is 14.1. The van der Waals surface area contributed by atoms with Gasteiger partial charge in [0.2, 0.25) is 23.5 Å². The van der Waals surface area contributed by atoms with E-state index in [1.807, 2.05) is 53.2 Å². The van der Waals surface area contributed by atoms with Crippen LogP contribution >= 0.6 is 0 Å². The number of benzene rings is 5. The molecule has 0 spiro atoms. The molecule has 1 aromatic heterocycles. The summed E-state index contributed by atoms with van der Waals surface area (Å²) in [5.74, 6) is -1.51. The van der Waals surface area contributed by atoms with Crippen LogP contribution in [0.4, 0.5) is 23.3 Å². The number of carbonyl (C=O) groups excluding carboxylic acids is 4. The molecular weight excluding hydrogens is 1230 g/mol. The van der Waals surface area contributed by atoms with Gasteiger partial charge in [-0.15, -0.1) is 0 Å². The number of aryl methyl sites for hydroxylation is 1. The van der Waals surface area contributed by atoms with E-state index in [1.165, 1.54) is 24.3 Å². The van der Waals surface area contributed by atoms with E-state index in [4.69, 9.17) is 9.82 Å². The number of amides is 3. The average molecular weight is 1300 g/mol. The molecule has 0 radical (unpaired) electrons. The van der Waals surface area contributed by atoms with Gasteiger partial charge in [-0.1, -0.05) is 66.9 Å². The van der Waals surface area contributed by atoms with Crippen molar-refractivity contribution in [2.24, 2.45) is 5.92 Å². The van der Waals surface area contributed by atoms with Gasteiger partial charge in [-0.2, -0.15) is 44.8 Å². The van der Waals surface area contributed by atoms with E-state index in [0.717, 1.165) is 33.9 Å². The molecule has 5 aliphatic heterocycles. The zero-order chi connectivity index (χ0) is 65.0. The molecule has 91 heavy (non-hydrogen) atoms. The van der Waals surface area contributed by atoms with E-state index in [2.05, 4.69) is 45.5 Å². The first kappa shape index (κ1) is 64.5. The molecule has 6 aromatic rings. The number of carbonyl (C=O) groups is 4. The number of nitrogens with zero attached hydrogens (tertiary/aromatic N) is 8. The van der Waals surface area contributed by atoms with Crippen LogP contribution in [0.15, 0.2) is 119 Å². The number of unbranched alkanes of at least 4 members (excludes halogenated alkanes) is 2. The normalized spacial score (nSPS) is 19.4. The number of aromatic nitrogens is 3. The lowest BCUT2D eigenvalue weighted by atomic mass is 9.75. The molecule has 11 rings (SSSR count). The van der Waals surface area contributed by atoms with Crippen molar-refractivity contribution in [2.45, 2.75) is 132 Å². The summed E-state index contributed by atoms with van der Waals surface area (Å²) >= 11 is 0. The molecule has 0 saturated carbocycles. The second-order valence-corrected chi connectivity index (χ2v) is 29.1. The van der Waals surface area contributed by atoms with Crippen molar-refractivity contribution in [3.63, 3.8) is 0 Å². The number of hydrogen-bond donors (Lipinski definition) is 4. The third kappa shape index (κ3) is 12.9. The van der Waals surface area contributed by atoms with E-state index < -0.39 is 70.6 Å². The minimum absolute atomic E-state index is 0.0484. The van der Waals surface area contributed by atoms with E-state index in [9.17, 15) is 58.1 Å². The monoisotopic (exact) mass is 1300 g/mol. The highest BCUT2D eigenvalue weighted by molar-refractivity contribution is 7.86. The van der Waals surface area contributed by atoms with Crippen LogP contribution in [0.2, 0.25) is 0 Å². The number of fused-ring (bicyclic) bond motifs is 7. The summed E-state index contributed by atoms with van der Waals surface area (Å²) in [5.41, 5.74) is 3.85. The van der Waals surface area contributed by atoms with E-state index in [-0.39, 0.29) is 45.8 Å². The molecule has 2 saturated heterocycles. The molecule has 0 bridgehead atoms. The van der Waals surface area contributed by atoms with Gasteiger partial charge in [-0.05, 0) is 138 Å². The predicted octanol–water partition coefficient (Wildman–Crippen LogP) is 8.97. The Kier molecular flexibility index (Phi) is 17.9. The first-order valence-corrected chi connectivity index (χ1v) is 35.2. The van der Waals surface area contributed by atoms with Crippen molar-refractivity contribution < 1.29 is 67.5 Å². The quantitative estimate of drug-likeness (QED) is 0.0226. The van der Waals surface area contributed by atoms with Gasteiger partial charge in [0.15, 0.2) is 5.71 Å². The summed E-state index contributed by atoms with van der Waals surface area (Å²) in [5, 5.41) is 5.77. The third-order valence-electron chi connectivity index (χ3n) is 18.3. The molecule has 26 heteroatoms. The molecule has 1 atom stereocenters. The lowest BCUT2D eigenvalue weighted by molar-refractivity contribution is -0.438. The molecule has 5 aromatic carbocycles. The number of hydrogen-bond acceptors (Lipinski definition) is 17. The highest BCUT2D eigenvalue weighted by atomic mass is 32.2. The smallest absolute Gasteiger partial charge is 0.336 e. The zero-order valence-corrected chi connectivity index (χ0v) is 53.8. The standard InChI is InChI=1S/C65H73N9O14S3/c1-6-33-65(5)55(73(35-15-40-89(79,80)81)51-28-26-45-47(58(51)65)19-13-21-53(45)91(85,86)87)23-14-22-54-64(3,4)57-46-18-12-20-52(90(82,83)84)44(46)25-27-50(57)72(54)34-11-7-8-24-56(75)68-43-31-38-71(39-32-43)63-67-41(2)66-62(69-63)70-36-29-42(30-37-70)61(78)88-74-59(76)48-16-9-10-17-49(48)60(74)77/h9-10,12-14,16-23,25-28,42-43H,6-8,11,15,24,29-40H2,1-5H3,(H3-,68,75,79,80,81,82,83,84,85,86,87)/p+1. The third-order valence-corrected chi connectivity index (χ3v) is 21.0. The van der Waals surface area contributed by atoms with E-state index in [0.29, 0.717) is 141 Å². The van der Waals surface area contributed by atoms with Crippen LogP contribution in [0, 0.1) is 12.8 Å². The summed E-state index contributed by atoms with van der Waals surface area (Å²) < 4.78 is 107. The number of imide groups is 1. The van der Waals surface area contributed by atoms with Crippen LogP contribution in [0.3, 0.4) is 0 Å². The second kappa shape index (κ2) is 25.2. The van der Waals surface area contributed by atoms with Crippen LogP contribution in [0.1, 0.15) is 136 Å². The highest BCUT2D eigenvalue weighted by Crippen LogP contribution is 2.54. The van der Waals surface area contributed by atoms with Crippen LogP contribution in [0.25, 0.3) is 21.5 Å². The fraction of sp³-hybridized carbons (Fsp3) is 0.415. The van der Waals surface area contributed by atoms with Crippen molar-refractivity contribution >= 4 is 105 Å². The Morgan fingerprint density at radius 1 is 0.703 bits per heavy atom. The Bertz CT molecular complexity index is 4370. The van der Waals surface area contributed by atoms with E-state index in [1.54, 1.807) is 49.4 Å². The second-order valence-electron chi connectivity index (χ2n) is 24.8. The Balaban J connectivity index is 0.756. The molecular formula is C65H74N9O14S3+. The Hall–Kier alpha value is -8.01. The van der Waals surface area contributed by atoms with Crippen molar-refractivity contribution in [2.75, 3.05) is 59.7 Å². The SMILES string of the molecule is CCCC1(C)C(=CC=CC2=[N+](CCCCCC(=O)NC3CCN(c4nc(C)nc(N5CCC(C(=O)ON6C(=O)c7ccccc7C6=O)CC5)n4)CC3)c3ccc4c(S(=O)(=O)O)cccc4c3C2(C)C)N(CCCS(=O)(=O)O)c2ccc3c(S(=O)(=O)O)cccc3c21. The Morgan fingerprint density at radius 3 is 1.87 bits per heavy atom. The molecule has 6 heterocycles. The minimum Gasteiger partial charge on any atom is -0.353 e. The maximum absolute atomic E-state index is 13.5. The topological polar surface area (TPSA) is 307 Å². The average Bonchev–Trinajstić information content (AvgIpc) is 1.59. The minimum atomic E-state index is -4.61. The van der Waals surface area contributed by atoms with Crippen LogP contribution < -0.4 is 20.0 Å². The molecule has 4 N–H and O–H groups in total. The van der Waals surface area contributed by atoms with E-state index >= 15 is 0 Å². The van der Waals surface area contributed by atoms with Crippen LogP contribution in [-0.2, 0) is 55.6 Å². The first-order chi connectivity index (χ1) is 43.2. The predicted molar refractivity (Wildman–Crippen MR) is 343 cm³/mol. The fourth-order valence-corrected chi connectivity index (χ4v) is 16.0. The van der Waals surface area contributed by atoms with Gasteiger partial charge in [0.1, 0.15) is 22.2 Å². The number of nitrogens with one attached hydrogen (secondary N) is 1. The summed E-state index contributed by atoms with van der Waals surface area (Å²) in [6.07, 6.45) is 11.8. The van der Waals surface area contributed by atoms with Gasteiger partial charge >= 0.3 is 5.97 Å². The molecule has 480 valence electrons. The lowest BCUT2D eigenvalue weighted by Crippen LogP contribution is -2.45. The highest BCUT2D eigenvalue weighted by Gasteiger charge is 2.48. The maximum Gasteiger partial charge on any atom is 0.336 e. The van der Waals surface area contributed by atoms with Crippen molar-refractivity contribution in [3.8, 4) is 0 Å². The molecule has 3 amide bonds. The largest absolute Gasteiger partial charge is 0.353 e. The molecule has 5 aliphatic rings. The van der Waals surface area contributed by atoms with Gasteiger partial charge in [-0.3, -0.25) is 28.0 Å². The van der Waals surface area contributed by atoms with Gasteiger partial charge < -0.3 is 24.9 Å². The van der Waals surface area contributed by atoms with Gasteiger partial charge in [0, 0.05) is 96.9 Å². The summed E-state index contributed by atoms with van der Waals surface area (Å²) in [4.78, 5) is 77.4. The van der Waals surface area contributed by atoms with Gasteiger partial charge in [0.05, 0.1) is 28.2 Å². The maximum atomic E-state index is 13.5. The number of anilines is 3. The van der Waals surface area contributed by atoms with Crippen molar-refractivity contribution in [1.82, 2.24) is 25.3 Å². The summed E-state index contributed by atoms with van der Waals surface area (Å²) in [7, 11) is -13.5. The van der Waals surface area contributed by atoms with Crippen LogP contribution in [0.5, 0.6) is 0 Å². The molecule has 1 unspecified atom stereocenters. The molecule has 23 nitrogen and oxygen atoms in total. The lowest BCUT2D eigenvalue weighted by Gasteiger charge is -2.34. The first-order valence-electron chi connectivity index (χ1n) is 30.7. The summed E-state index contributed by atoms with van der Waals surface area (Å²) in [6.45, 7) is 12.8. The Morgan fingerprint density at radius 2 is 1.29 bits per heavy atom. The zero-order valence-electron chi connectivity index (χ0n) is 51.3. The number of allylic oxidation sites excluding steroid dienone is 4.